The van der Waals surface area contributed by atoms with Crippen LogP contribution in [0.2, 0.25) is 0 Å². The third-order valence-corrected chi connectivity index (χ3v) is 5.29. The Kier molecular flexibility index (Phi) is 4.12. The summed E-state index contributed by atoms with van der Waals surface area (Å²) in [7, 11) is 0. The number of amides is 1. The standard InChI is InChI=1S/C21H19FN2O2/c22-17-7-2-6-16-18(8-3-11-26-19(16)17)24-20(25)21(9-10-21)15-5-1-4-14(12-15)13-23/h1-2,4-7,12,18H,3,8-11H2,(H,24,25). The van der Waals surface area contributed by atoms with Crippen molar-refractivity contribution in [2.24, 2.45) is 0 Å². The van der Waals surface area contributed by atoms with Gasteiger partial charge in [0.2, 0.25) is 5.91 Å². The first-order chi connectivity index (χ1) is 12.6. The van der Waals surface area contributed by atoms with Crippen LogP contribution in [-0.2, 0) is 10.2 Å². The molecule has 1 saturated carbocycles. The average Bonchev–Trinajstić information content (AvgIpc) is 3.48. The minimum absolute atomic E-state index is 0.0605. The first-order valence-corrected chi connectivity index (χ1v) is 8.87. The summed E-state index contributed by atoms with van der Waals surface area (Å²) in [6.45, 7) is 0.440. The minimum atomic E-state index is -0.576. The highest BCUT2D eigenvalue weighted by Crippen LogP contribution is 2.49. The highest BCUT2D eigenvalue weighted by molar-refractivity contribution is 5.91. The van der Waals surface area contributed by atoms with Gasteiger partial charge in [-0.05, 0) is 49.4 Å². The van der Waals surface area contributed by atoms with Gasteiger partial charge >= 0.3 is 0 Å². The van der Waals surface area contributed by atoms with Crippen molar-refractivity contribution in [3.05, 3.63) is 65.0 Å². The molecule has 1 aliphatic carbocycles. The van der Waals surface area contributed by atoms with E-state index >= 15 is 0 Å². The summed E-state index contributed by atoms with van der Waals surface area (Å²) in [5, 5.41) is 12.2. The quantitative estimate of drug-likeness (QED) is 0.917. The monoisotopic (exact) mass is 350 g/mol. The zero-order valence-corrected chi connectivity index (χ0v) is 14.3. The van der Waals surface area contributed by atoms with Gasteiger partial charge in [0.15, 0.2) is 11.6 Å². The molecule has 1 unspecified atom stereocenters. The van der Waals surface area contributed by atoms with Gasteiger partial charge in [-0.1, -0.05) is 24.3 Å². The van der Waals surface area contributed by atoms with Gasteiger partial charge < -0.3 is 10.1 Å². The predicted molar refractivity (Wildman–Crippen MR) is 94.1 cm³/mol. The number of rotatable bonds is 3. The van der Waals surface area contributed by atoms with Gasteiger partial charge in [-0.15, -0.1) is 0 Å². The van der Waals surface area contributed by atoms with Gasteiger partial charge in [0, 0.05) is 5.56 Å². The predicted octanol–water partition coefficient (Wildman–Crippen LogP) is 3.76. The van der Waals surface area contributed by atoms with Gasteiger partial charge in [0.05, 0.1) is 29.7 Å². The molecular formula is C21H19FN2O2. The Morgan fingerprint density at radius 3 is 2.85 bits per heavy atom. The molecule has 2 aromatic rings. The molecule has 0 radical (unpaired) electrons. The molecule has 1 aliphatic heterocycles. The maximum atomic E-state index is 14.1. The molecule has 1 fully saturated rings. The van der Waals surface area contributed by atoms with E-state index in [-0.39, 0.29) is 17.7 Å². The zero-order chi connectivity index (χ0) is 18.1. The summed E-state index contributed by atoms with van der Waals surface area (Å²) in [5.41, 5.74) is 1.54. The molecule has 4 nitrogen and oxygen atoms in total. The van der Waals surface area contributed by atoms with E-state index in [2.05, 4.69) is 11.4 Å². The molecule has 0 bridgehead atoms. The number of benzene rings is 2. The Balaban J connectivity index is 1.61. The molecule has 0 spiro atoms. The van der Waals surface area contributed by atoms with Crippen LogP contribution in [0.15, 0.2) is 42.5 Å². The molecule has 2 aromatic carbocycles. The molecule has 0 aromatic heterocycles. The summed E-state index contributed by atoms with van der Waals surface area (Å²) < 4.78 is 19.6. The summed E-state index contributed by atoms with van der Waals surface area (Å²) in [6, 6.07) is 13.9. The van der Waals surface area contributed by atoms with Crippen molar-refractivity contribution in [3.63, 3.8) is 0 Å². The van der Waals surface area contributed by atoms with E-state index in [9.17, 15) is 9.18 Å². The number of fused-ring (bicyclic) bond motifs is 1. The third-order valence-electron chi connectivity index (χ3n) is 5.29. The van der Waals surface area contributed by atoms with Crippen molar-refractivity contribution in [3.8, 4) is 11.8 Å². The summed E-state index contributed by atoms with van der Waals surface area (Å²) in [4.78, 5) is 13.1. The topological polar surface area (TPSA) is 62.1 Å². The Morgan fingerprint density at radius 2 is 2.08 bits per heavy atom. The van der Waals surface area contributed by atoms with Crippen LogP contribution in [0.3, 0.4) is 0 Å². The Labute approximate surface area is 151 Å². The molecule has 4 rings (SSSR count). The van der Waals surface area contributed by atoms with Crippen molar-refractivity contribution in [2.45, 2.75) is 37.1 Å². The van der Waals surface area contributed by atoms with Crippen molar-refractivity contribution in [1.82, 2.24) is 5.32 Å². The number of hydrogen-bond acceptors (Lipinski definition) is 3. The number of halogens is 1. The molecule has 2 aliphatic rings. The first kappa shape index (κ1) is 16.6. The lowest BCUT2D eigenvalue weighted by Crippen LogP contribution is -2.37. The van der Waals surface area contributed by atoms with E-state index in [4.69, 9.17) is 10.00 Å². The summed E-state index contributed by atoms with van der Waals surface area (Å²) in [6.07, 6.45) is 2.96. The van der Waals surface area contributed by atoms with E-state index in [0.717, 1.165) is 24.8 Å². The lowest BCUT2D eigenvalue weighted by Gasteiger charge is -2.23. The molecule has 1 atom stereocenters. The second kappa shape index (κ2) is 6.45. The fraction of sp³-hybridized carbons (Fsp3) is 0.333. The maximum absolute atomic E-state index is 14.1. The number of nitrogens with zero attached hydrogens (tertiary/aromatic N) is 1. The van der Waals surface area contributed by atoms with Crippen LogP contribution in [0.5, 0.6) is 5.75 Å². The van der Waals surface area contributed by atoms with Gasteiger partial charge in [-0.3, -0.25) is 4.79 Å². The zero-order valence-electron chi connectivity index (χ0n) is 14.3. The molecule has 26 heavy (non-hydrogen) atoms. The average molecular weight is 350 g/mol. The Hall–Kier alpha value is -2.87. The number of carbonyl (C=O) groups is 1. The van der Waals surface area contributed by atoms with Crippen LogP contribution in [-0.4, -0.2) is 12.5 Å². The van der Waals surface area contributed by atoms with Crippen LogP contribution in [0.25, 0.3) is 0 Å². The van der Waals surface area contributed by atoms with Crippen molar-refractivity contribution < 1.29 is 13.9 Å². The van der Waals surface area contributed by atoms with Crippen LogP contribution < -0.4 is 10.1 Å². The normalized spacial score (nSPS) is 20.1. The third kappa shape index (κ3) is 2.82. The fourth-order valence-electron chi connectivity index (χ4n) is 3.67. The number of para-hydroxylation sites is 1. The van der Waals surface area contributed by atoms with E-state index in [1.54, 1.807) is 18.2 Å². The van der Waals surface area contributed by atoms with Crippen LogP contribution in [0, 0.1) is 17.1 Å². The molecule has 5 heteroatoms. The van der Waals surface area contributed by atoms with Crippen LogP contribution in [0.1, 0.15) is 48.4 Å². The number of ether oxygens (including phenoxy) is 1. The summed E-state index contributed by atoms with van der Waals surface area (Å²) >= 11 is 0. The molecule has 1 heterocycles. The number of nitriles is 1. The van der Waals surface area contributed by atoms with Gasteiger partial charge in [0.25, 0.3) is 0 Å². The molecule has 132 valence electrons. The fourth-order valence-corrected chi connectivity index (χ4v) is 3.67. The summed E-state index contributed by atoms with van der Waals surface area (Å²) in [5.74, 6) is -0.215. The largest absolute Gasteiger partial charge is 0.490 e. The minimum Gasteiger partial charge on any atom is -0.490 e. The number of nitrogens with one attached hydrogen (secondary N) is 1. The number of carbonyl (C=O) groups excluding carboxylic acids is 1. The van der Waals surface area contributed by atoms with Crippen LogP contribution in [0.4, 0.5) is 4.39 Å². The van der Waals surface area contributed by atoms with Crippen LogP contribution >= 0.6 is 0 Å². The van der Waals surface area contributed by atoms with E-state index < -0.39 is 11.2 Å². The van der Waals surface area contributed by atoms with E-state index in [1.807, 2.05) is 18.2 Å². The Bertz CT molecular complexity index is 899. The van der Waals surface area contributed by atoms with Gasteiger partial charge in [-0.2, -0.15) is 5.26 Å². The highest BCUT2D eigenvalue weighted by atomic mass is 19.1. The second-order valence-corrected chi connectivity index (χ2v) is 6.95. The SMILES string of the molecule is N#Cc1cccc(C2(C(=O)NC3CCCOc4c(F)cccc43)CC2)c1. The number of hydrogen-bond donors (Lipinski definition) is 1. The lowest BCUT2D eigenvalue weighted by molar-refractivity contribution is -0.124. The maximum Gasteiger partial charge on any atom is 0.231 e. The van der Waals surface area contributed by atoms with Crippen molar-refractivity contribution >= 4 is 5.91 Å². The van der Waals surface area contributed by atoms with Crippen molar-refractivity contribution in [1.29, 1.82) is 5.26 Å². The van der Waals surface area contributed by atoms with E-state index in [1.165, 1.54) is 6.07 Å². The molecule has 0 saturated heterocycles. The smallest absolute Gasteiger partial charge is 0.231 e. The second-order valence-electron chi connectivity index (χ2n) is 6.95. The molecular weight excluding hydrogens is 331 g/mol. The highest BCUT2D eigenvalue weighted by Gasteiger charge is 2.51. The molecule has 1 N–H and O–H groups in total. The first-order valence-electron chi connectivity index (χ1n) is 8.87. The van der Waals surface area contributed by atoms with E-state index in [0.29, 0.717) is 24.2 Å². The Morgan fingerprint density at radius 1 is 1.27 bits per heavy atom. The lowest BCUT2D eigenvalue weighted by atomic mass is 9.92. The molecule has 1 amide bonds. The van der Waals surface area contributed by atoms with Gasteiger partial charge in [-0.25, -0.2) is 4.39 Å². The van der Waals surface area contributed by atoms with Crippen molar-refractivity contribution in [2.75, 3.05) is 6.61 Å². The van der Waals surface area contributed by atoms with Gasteiger partial charge in [0.1, 0.15) is 0 Å².